The molecular formula is C19H24N2O3. The van der Waals surface area contributed by atoms with E-state index in [0.29, 0.717) is 13.1 Å². The minimum Gasteiger partial charge on any atom is -0.364 e. The Bertz CT molecular complexity index is 643. The van der Waals surface area contributed by atoms with E-state index in [0.717, 1.165) is 31.2 Å². The monoisotopic (exact) mass is 328 g/mol. The van der Waals surface area contributed by atoms with E-state index in [1.165, 1.54) is 0 Å². The van der Waals surface area contributed by atoms with Crippen molar-refractivity contribution in [3.05, 3.63) is 35.9 Å². The van der Waals surface area contributed by atoms with E-state index in [9.17, 15) is 9.59 Å². The maximum atomic E-state index is 12.6. The fourth-order valence-electron chi connectivity index (χ4n) is 4.34. The molecule has 0 unspecified atom stereocenters. The Kier molecular flexibility index (Phi) is 3.83. The van der Waals surface area contributed by atoms with Crippen LogP contribution in [0.1, 0.15) is 31.2 Å². The molecule has 0 aromatic heterocycles. The molecule has 2 saturated heterocycles. The van der Waals surface area contributed by atoms with Gasteiger partial charge in [0.25, 0.3) is 0 Å². The number of carbonyl (C=O) groups is 2. The Morgan fingerprint density at radius 2 is 2.00 bits per heavy atom. The van der Waals surface area contributed by atoms with Crippen molar-refractivity contribution in [2.45, 2.75) is 37.3 Å². The molecule has 2 aliphatic heterocycles. The molecule has 1 saturated carbocycles. The van der Waals surface area contributed by atoms with Crippen LogP contribution in [0, 0.1) is 5.92 Å². The van der Waals surface area contributed by atoms with Crippen LogP contribution in [0.3, 0.4) is 0 Å². The Labute approximate surface area is 142 Å². The van der Waals surface area contributed by atoms with E-state index in [-0.39, 0.29) is 30.4 Å². The lowest BCUT2D eigenvalue weighted by Crippen LogP contribution is -2.67. The molecule has 0 spiro atoms. The zero-order chi connectivity index (χ0) is 16.7. The molecule has 4 rings (SSSR count). The number of likely N-dealkylation sites (N-methyl/N-ethyl adjacent to an activating group) is 1. The van der Waals surface area contributed by atoms with Gasteiger partial charge in [-0.3, -0.25) is 9.59 Å². The SMILES string of the molecule is CN1C(=O)CO[C@@H]2CN(C(=O)C3CCC3)CC[C@]21c1ccccc1. The summed E-state index contributed by atoms with van der Waals surface area (Å²) in [6.07, 6.45) is 3.75. The molecule has 2 heterocycles. The van der Waals surface area contributed by atoms with Gasteiger partial charge in [0.1, 0.15) is 12.7 Å². The fraction of sp³-hybridized carbons (Fsp3) is 0.579. The molecule has 2 amide bonds. The normalized spacial score (nSPS) is 30.7. The van der Waals surface area contributed by atoms with Crippen molar-refractivity contribution in [1.82, 2.24) is 9.80 Å². The maximum Gasteiger partial charge on any atom is 0.249 e. The van der Waals surface area contributed by atoms with Crippen LogP contribution in [0.25, 0.3) is 0 Å². The van der Waals surface area contributed by atoms with E-state index in [1.807, 2.05) is 35.0 Å². The average Bonchev–Trinajstić information content (AvgIpc) is 2.57. The lowest BCUT2D eigenvalue weighted by atomic mass is 9.75. The molecule has 0 bridgehead atoms. The first-order valence-electron chi connectivity index (χ1n) is 8.85. The summed E-state index contributed by atoms with van der Waals surface area (Å²) in [5.74, 6) is 0.483. The van der Waals surface area contributed by atoms with Gasteiger partial charge in [0.2, 0.25) is 11.8 Å². The molecule has 24 heavy (non-hydrogen) atoms. The summed E-state index contributed by atoms with van der Waals surface area (Å²) in [6.45, 7) is 1.35. The van der Waals surface area contributed by atoms with Crippen molar-refractivity contribution in [2.24, 2.45) is 5.92 Å². The minimum absolute atomic E-state index is 0.00822. The Morgan fingerprint density at radius 3 is 2.67 bits per heavy atom. The number of ether oxygens (including phenoxy) is 1. The number of morpholine rings is 1. The van der Waals surface area contributed by atoms with Crippen LogP contribution in [-0.2, 0) is 19.9 Å². The molecule has 3 aliphatic rings. The second kappa shape index (κ2) is 5.88. The van der Waals surface area contributed by atoms with Gasteiger partial charge in [-0.25, -0.2) is 0 Å². The van der Waals surface area contributed by atoms with Gasteiger partial charge < -0.3 is 14.5 Å². The number of nitrogens with zero attached hydrogens (tertiary/aromatic N) is 2. The van der Waals surface area contributed by atoms with Crippen LogP contribution in [-0.4, -0.2) is 54.5 Å². The Hall–Kier alpha value is -1.88. The van der Waals surface area contributed by atoms with Gasteiger partial charge in [0, 0.05) is 26.1 Å². The predicted octanol–water partition coefficient (Wildman–Crippen LogP) is 1.77. The van der Waals surface area contributed by atoms with Crippen LogP contribution >= 0.6 is 0 Å². The molecule has 2 atom stereocenters. The standard InChI is InChI=1S/C19H24N2O3/c1-20-17(22)13-24-16-12-21(18(23)14-6-5-7-14)11-10-19(16,20)15-8-3-2-4-9-15/h2-4,8-9,14,16H,5-7,10-13H2,1H3/t16-,19+/m1/s1. The van der Waals surface area contributed by atoms with Gasteiger partial charge in [0.05, 0.1) is 5.54 Å². The summed E-state index contributed by atoms with van der Waals surface area (Å²) in [6, 6.07) is 10.1. The van der Waals surface area contributed by atoms with Crippen LogP contribution in [0.5, 0.6) is 0 Å². The van der Waals surface area contributed by atoms with Crippen LogP contribution in [0.4, 0.5) is 0 Å². The molecule has 5 heteroatoms. The topological polar surface area (TPSA) is 49.9 Å². The van der Waals surface area contributed by atoms with Crippen molar-refractivity contribution >= 4 is 11.8 Å². The number of hydrogen-bond donors (Lipinski definition) is 0. The highest BCUT2D eigenvalue weighted by atomic mass is 16.5. The summed E-state index contributed by atoms with van der Waals surface area (Å²) < 4.78 is 5.95. The lowest BCUT2D eigenvalue weighted by molar-refractivity contribution is -0.185. The number of likely N-dealkylation sites (tertiary alicyclic amines) is 1. The summed E-state index contributed by atoms with van der Waals surface area (Å²) in [7, 11) is 1.87. The molecule has 1 aliphatic carbocycles. The summed E-state index contributed by atoms with van der Waals surface area (Å²) >= 11 is 0. The first kappa shape index (κ1) is 15.6. The van der Waals surface area contributed by atoms with E-state index < -0.39 is 5.54 Å². The van der Waals surface area contributed by atoms with Crippen molar-refractivity contribution in [1.29, 1.82) is 0 Å². The van der Waals surface area contributed by atoms with Gasteiger partial charge in [-0.15, -0.1) is 0 Å². The van der Waals surface area contributed by atoms with Crippen molar-refractivity contribution in [2.75, 3.05) is 26.7 Å². The second-order valence-corrected chi connectivity index (χ2v) is 7.20. The largest absolute Gasteiger partial charge is 0.364 e. The van der Waals surface area contributed by atoms with E-state index in [4.69, 9.17) is 4.74 Å². The fourth-order valence-corrected chi connectivity index (χ4v) is 4.34. The van der Waals surface area contributed by atoms with Gasteiger partial charge in [-0.05, 0) is 24.8 Å². The average molecular weight is 328 g/mol. The molecule has 5 nitrogen and oxygen atoms in total. The smallest absolute Gasteiger partial charge is 0.249 e. The van der Waals surface area contributed by atoms with Crippen LogP contribution in [0.15, 0.2) is 30.3 Å². The Balaban J connectivity index is 1.64. The highest BCUT2D eigenvalue weighted by Gasteiger charge is 2.53. The molecule has 1 aromatic carbocycles. The van der Waals surface area contributed by atoms with E-state index >= 15 is 0 Å². The second-order valence-electron chi connectivity index (χ2n) is 7.20. The van der Waals surface area contributed by atoms with Crippen molar-refractivity contribution in [3.8, 4) is 0 Å². The molecule has 128 valence electrons. The molecule has 3 fully saturated rings. The maximum absolute atomic E-state index is 12.6. The molecule has 1 aromatic rings. The number of rotatable bonds is 2. The predicted molar refractivity (Wildman–Crippen MR) is 89.2 cm³/mol. The first-order chi connectivity index (χ1) is 11.6. The van der Waals surface area contributed by atoms with Gasteiger partial charge in [0.15, 0.2) is 0 Å². The third kappa shape index (κ3) is 2.25. The lowest BCUT2D eigenvalue weighted by Gasteiger charge is -2.55. The van der Waals surface area contributed by atoms with Crippen molar-refractivity contribution < 1.29 is 14.3 Å². The molecule has 0 radical (unpaired) electrons. The van der Waals surface area contributed by atoms with E-state index in [2.05, 4.69) is 12.1 Å². The molecular weight excluding hydrogens is 304 g/mol. The zero-order valence-corrected chi connectivity index (χ0v) is 14.1. The number of carbonyl (C=O) groups excluding carboxylic acids is 2. The summed E-state index contributed by atoms with van der Waals surface area (Å²) in [5, 5.41) is 0. The first-order valence-corrected chi connectivity index (χ1v) is 8.85. The third-order valence-corrected chi connectivity index (χ3v) is 6.10. The minimum atomic E-state index is -0.465. The van der Waals surface area contributed by atoms with Crippen LogP contribution in [0.2, 0.25) is 0 Å². The van der Waals surface area contributed by atoms with Gasteiger partial charge >= 0.3 is 0 Å². The van der Waals surface area contributed by atoms with Crippen molar-refractivity contribution in [3.63, 3.8) is 0 Å². The number of benzene rings is 1. The van der Waals surface area contributed by atoms with Gasteiger partial charge in [-0.2, -0.15) is 0 Å². The number of fused-ring (bicyclic) bond motifs is 1. The number of piperidine rings is 1. The zero-order valence-electron chi connectivity index (χ0n) is 14.1. The number of amides is 2. The highest BCUT2D eigenvalue weighted by molar-refractivity contribution is 5.81. The van der Waals surface area contributed by atoms with Crippen LogP contribution < -0.4 is 0 Å². The van der Waals surface area contributed by atoms with Gasteiger partial charge in [-0.1, -0.05) is 36.8 Å². The Morgan fingerprint density at radius 1 is 1.25 bits per heavy atom. The highest BCUT2D eigenvalue weighted by Crippen LogP contribution is 2.43. The van der Waals surface area contributed by atoms with E-state index in [1.54, 1.807) is 0 Å². The summed E-state index contributed by atoms with van der Waals surface area (Å²) in [5.41, 5.74) is 0.633. The third-order valence-electron chi connectivity index (χ3n) is 6.10. The summed E-state index contributed by atoms with van der Waals surface area (Å²) in [4.78, 5) is 28.8. The number of hydrogen-bond acceptors (Lipinski definition) is 3. The quantitative estimate of drug-likeness (QED) is 0.831. The molecule has 0 N–H and O–H groups in total.